The van der Waals surface area contributed by atoms with Crippen LogP contribution in [0.2, 0.25) is 0 Å². The number of nitrogens with one attached hydrogen (secondary N) is 1. The summed E-state index contributed by atoms with van der Waals surface area (Å²) in [6.07, 6.45) is 0. The fraction of sp³-hybridized carbons (Fsp3) is 0.304. The molecule has 0 bridgehead atoms. The molecule has 1 aliphatic rings. The molecule has 4 N–H and O–H groups in total. The van der Waals surface area contributed by atoms with Gasteiger partial charge in [0.2, 0.25) is 0 Å². The van der Waals surface area contributed by atoms with Crippen molar-refractivity contribution in [2.45, 2.75) is 12.8 Å². The first-order valence-corrected chi connectivity index (χ1v) is 10.2. The van der Waals surface area contributed by atoms with Crippen molar-refractivity contribution in [3.63, 3.8) is 0 Å². The number of aliphatic hydroxyl groups excluding tert-OH is 1. The van der Waals surface area contributed by atoms with Crippen molar-refractivity contribution in [3.8, 4) is 5.75 Å². The zero-order valence-corrected chi connectivity index (χ0v) is 19.5. The number of nitrogens with zero attached hydrogens (tertiary/aromatic N) is 2. The minimum Gasteiger partial charge on any atom is -0.507 e. The molecular formula is C23H29ClN4O2S. The second-order valence-corrected chi connectivity index (χ2v) is 8.08. The molecule has 0 spiro atoms. The second kappa shape index (κ2) is 11.1. The molecule has 0 fully saturated rings. The molecule has 0 saturated carbocycles. The number of para-hydroxylation sites is 1. The van der Waals surface area contributed by atoms with Crippen LogP contribution in [0, 0.1) is 5.92 Å². The Morgan fingerprint density at radius 2 is 1.84 bits per heavy atom. The largest absolute Gasteiger partial charge is 0.507 e. The molecule has 8 heteroatoms. The van der Waals surface area contributed by atoms with Crippen LogP contribution in [0.25, 0.3) is 5.76 Å². The fourth-order valence-corrected chi connectivity index (χ4v) is 3.90. The van der Waals surface area contributed by atoms with Crippen molar-refractivity contribution in [3.05, 3.63) is 71.3 Å². The predicted octanol–water partition coefficient (Wildman–Crippen LogP) is 3.94. The molecule has 166 valence electrons. The van der Waals surface area contributed by atoms with E-state index in [9.17, 15) is 5.11 Å². The van der Waals surface area contributed by atoms with Crippen LogP contribution in [0.4, 0.5) is 0 Å². The summed E-state index contributed by atoms with van der Waals surface area (Å²) in [4.78, 5) is 2.11. The van der Waals surface area contributed by atoms with Crippen molar-refractivity contribution in [1.82, 2.24) is 10.3 Å². The van der Waals surface area contributed by atoms with Gasteiger partial charge in [-0.05, 0) is 50.9 Å². The first-order valence-electron chi connectivity index (χ1n) is 9.82. The number of rotatable bonds is 7. The van der Waals surface area contributed by atoms with E-state index in [0.29, 0.717) is 24.5 Å². The van der Waals surface area contributed by atoms with Crippen LogP contribution in [-0.2, 0) is 0 Å². The third-order valence-electron chi connectivity index (χ3n) is 5.21. The number of ether oxygens (including phenoxy) is 1. The number of benzene rings is 2. The Morgan fingerprint density at radius 1 is 1.19 bits per heavy atom. The van der Waals surface area contributed by atoms with Crippen molar-refractivity contribution < 1.29 is 9.84 Å². The average molecular weight is 461 g/mol. The summed E-state index contributed by atoms with van der Waals surface area (Å²) in [6, 6.07) is 17.7. The molecule has 2 aromatic carbocycles. The monoisotopic (exact) mass is 460 g/mol. The molecule has 3 rings (SSSR count). The molecular weight excluding hydrogens is 432 g/mol. The van der Waals surface area contributed by atoms with Gasteiger partial charge in [-0.2, -0.15) is 5.10 Å². The number of thiocarbonyl (C=S) groups is 1. The van der Waals surface area contributed by atoms with Gasteiger partial charge in [-0.25, -0.2) is 0 Å². The third-order valence-corrected chi connectivity index (χ3v) is 5.30. The molecule has 2 aromatic rings. The maximum absolute atomic E-state index is 11.2. The Labute approximate surface area is 195 Å². The van der Waals surface area contributed by atoms with Crippen LogP contribution < -0.4 is 15.9 Å². The van der Waals surface area contributed by atoms with Crippen LogP contribution in [0.3, 0.4) is 0 Å². The Kier molecular flexibility index (Phi) is 8.86. The first-order chi connectivity index (χ1) is 14.4. The Bertz CT molecular complexity index is 963. The van der Waals surface area contributed by atoms with E-state index in [1.165, 1.54) is 0 Å². The summed E-state index contributed by atoms with van der Waals surface area (Å²) >= 11 is 4.91. The maximum Gasteiger partial charge on any atom is 0.184 e. The summed E-state index contributed by atoms with van der Waals surface area (Å²) in [6.45, 7) is 2.97. The topological polar surface area (TPSA) is 83.1 Å². The standard InChI is InChI=1S/C23H28N4O2S.ClH/c1-15(25-26-23(24)30)18(13-27(2)3)21(16-9-5-4-6-10-16)19-14-29-20-12-8-7-11-17(20)22(19)28;/h4-12,18,21,28H,13-14H2,1-3H3,(H3,24,26,30);1H/b25-15+;. The molecule has 1 aliphatic heterocycles. The van der Waals surface area contributed by atoms with Crippen LogP contribution in [0.5, 0.6) is 5.75 Å². The van der Waals surface area contributed by atoms with Crippen molar-refractivity contribution in [2.24, 2.45) is 16.8 Å². The Morgan fingerprint density at radius 3 is 2.48 bits per heavy atom. The zero-order chi connectivity index (χ0) is 21.7. The van der Waals surface area contributed by atoms with E-state index in [4.69, 9.17) is 22.7 Å². The van der Waals surface area contributed by atoms with Gasteiger partial charge < -0.3 is 20.5 Å². The average Bonchev–Trinajstić information content (AvgIpc) is 2.73. The Balaban J connectivity index is 0.00000341. The van der Waals surface area contributed by atoms with Gasteiger partial charge in [-0.1, -0.05) is 42.5 Å². The lowest BCUT2D eigenvalue weighted by molar-refractivity contribution is 0.301. The number of halogens is 1. The summed E-state index contributed by atoms with van der Waals surface area (Å²) in [5, 5.41) is 15.8. The summed E-state index contributed by atoms with van der Waals surface area (Å²) in [5.41, 5.74) is 11.7. The van der Waals surface area contributed by atoms with Crippen LogP contribution >= 0.6 is 24.6 Å². The zero-order valence-electron chi connectivity index (χ0n) is 17.9. The van der Waals surface area contributed by atoms with Gasteiger partial charge in [-0.15, -0.1) is 12.4 Å². The minimum atomic E-state index is -0.140. The smallest absolute Gasteiger partial charge is 0.184 e. The molecule has 1 heterocycles. The van der Waals surface area contributed by atoms with Crippen LogP contribution in [-0.4, -0.2) is 48.1 Å². The molecule has 6 nitrogen and oxygen atoms in total. The number of hydrazone groups is 1. The molecule has 31 heavy (non-hydrogen) atoms. The van der Waals surface area contributed by atoms with Gasteiger partial charge >= 0.3 is 0 Å². The lowest BCUT2D eigenvalue weighted by Crippen LogP contribution is -2.36. The number of nitrogens with two attached hydrogens (primary N) is 1. The highest BCUT2D eigenvalue weighted by atomic mass is 35.5. The van der Waals surface area contributed by atoms with Gasteiger partial charge in [0.25, 0.3) is 0 Å². The quantitative estimate of drug-likeness (QED) is 0.330. The minimum absolute atomic E-state index is 0. The van der Waals surface area contributed by atoms with Gasteiger partial charge in [-0.3, -0.25) is 5.43 Å². The highest BCUT2D eigenvalue weighted by Gasteiger charge is 2.34. The number of hydrogen-bond donors (Lipinski definition) is 3. The SMILES string of the molecule is C/C(=N\NC(N)=S)C(CN(C)C)C(C1=C(O)c2ccccc2OC1)c1ccccc1.Cl. The third kappa shape index (κ3) is 5.97. The molecule has 2 unspecified atom stereocenters. The van der Waals surface area contributed by atoms with Gasteiger partial charge in [0.05, 0.1) is 5.56 Å². The summed E-state index contributed by atoms with van der Waals surface area (Å²) in [7, 11) is 4.04. The van der Waals surface area contributed by atoms with E-state index in [0.717, 1.165) is 16.8 Å². The van der Waals surface area contributed by atoms with Crippen molar-refractivity contribution in [2.75, 3.05) is 27.2 Å². The first kappa shape index (κ1) is 24.7. The maximum atomic E-state index is 11.2. The molecule has 2 atom stereocenters. The molecule has 0 amide bonds. The summed E-state index contributed by atoms with van der Waals surface area (Å²) in [5.74, 6) is 0.772. The fourth-order valence-electron chi connectivity index (χ4n) is 3.86. The van der Waals surface area contributed by atoms with E-state index in [-0.39, 0.29) is 35.1 Å². The second-order valence-electron chi connectivity index (χ2n) is 7.65. The van der Waals surface area contributed by atoms with Crippen LogP contribution in [0.15, 0.2) is 65.3 Å². The van der Waals surface area contributed by atoms with Crippen molar-refractivity contribution >= 4 is 41.2 Å². The van der Waals surface area contributed by atoms with Gasteiger partial charge in [0, 0.05) is 29.7 Å². The van der Waals surface area contributed by atoms with E-state index < -0.39 is 0 Å². The molecule has 0 radical (unpaired) electrons. The lowest BCUT2D eigenvalue weighted by Gasteiger charge is -2.34. The number of aliphatic hydroxyl groups is 1. The normalized spacial score (nSPS) is 15.4. The molecule has 0 saturated heterocycles. The van der Waals surface area contributed by atoms with E-state index >= 15 is 0 Å². The van der Waals surface area contributed by atoms with Crippen LogP contribution in [0.1, 0.15) is 24.0 Å². The highest BCUT2D eigenvalue weighted by Crippen LogP contribution is 2.41. The predicted molar refractivity (Wildman–Crippen MR) is 133 cm³/mol. The van der Waals surface area contributed by atoms with Gasteiger partial charge in [0.1, 0.15) is 18.1 Å². The lowest BCUT2D eigenvalue weighted by atomic mass is 9.76. The van der Waals surface area contributed by atoms with E-state index in [1.807, 2.05) is 63.5 Å². The van der Waals surface area contributed by atoms with E-state index in [2.05, 4.69) is 27.6 Å². The van der Waals surface area contributed by atoms with E-state index in [1.54, 1.807) is 0 Å². The summed E-state index contributed by atoms with van der Waals surface area (Å²) < 4.78 is 6.01. The van der Waals surface area contributed by atoms with Gasteiger partial charge in [0.15, 0.2) is 5.11 Å². The number of fused-ring (bicyclic) bond motifs is 1. The molecule has 0 aliphatic carbocycles. The Hall–Kier alpha value is -2.61. The number of hydrogen-bond acceptors (Lipinski definition) is 5. The highest BCUT2D eigenvalue weighted by molar-refractivity contribution is 7.80. The van der Waals surface area contributed by atoms with Crippen molar-refractivity contribution in [1.29, 1.82) is 0 Å². The molecule has 0 aromatic heterocycles.